The zero-order chi connectivity index (χ0) is 30.8. The largest absolute Gasteiger partial charge is 0.497 e. The highest BCUT2D eigenvalue weighted by Crippen LogP contribution is 2.36. The average molecular weight is 611 g/mol. The number of esters is 1. The van der Waals surface area contributed by atoms with Gasteiger partial charge >= 0.3 is 5.97 Å². The van der Waals surface area contributed by atoms with Crippen LogP contribution in [0.4, 0.5) is 11.4 Å². The van der Waals surface area contributed by atoms with E-state index in [9.17, 15) is 19.7 Å². The predicted octanol–water partition coefficient (Wildman–Crippen LogP) is 4.45. The van der Waals surface area contributed by atoms with Gasteiger partial charge in [-0.1, -0.05) is 53.8 Å². The third-order valence-electron chi connectivity index (χ3n) is 7.76. The molecule has 1 fully saturated rings. The monoisotopic (exact) mass is 610 g/mol. The molecule has 1 unspecified atom stereocenters. The number of benzene rings is 3. The van der Waals surface area contributed by atoms with E-state index >= 15 is 0 Å². The lowest BCUT2D eigenvalue weighted by Crippen LogP contribution is -2.40. The van der Waals surface area contributed by atoms with Gasteiger partial charge in [0.25, 0.3) is 11.2 Å². The van der Waals surface area contributed by atoms with Crippen molar-refractivity contribution < 1.29 is 19.2 Å². The Kier molecular flexibility index (Phi) is 8.12. The molecule has 11 heteroatoms. The number of nitrogens with zero attached hydrogens (tertiary/aromatic N) is 4. The molecule has 3 heterocycles. The van der Waals surface area contributed by atoms with E-state index in [0.29, 0.717) is 37.5 Å². The number of aromatic nitrogens is 1. The first kappa shape index (κ1) is 29.1. The van der Waals surface area contributed by atoms with Crippen LogP contribution in [0.5, 0.6) is 5.75 Å². The number of anilines is 1. The summed E-state index contributed by atoms with van der Waals surface area (Å²) in [6.45, 7) is 3.55. The lowest BCUT2D eigenvalue weighted by molar-refractivity contribution is -0.384. The van der Waals surface area contributed by atoms with Gasteiger partial charge < -0.3 is 14.4 Å². The Labute approximate surface area is 257 Å². The van der Waals surface area contributed by atoms with Crippen LogP contribution in [-0.2, 0) is 9.53 Å². The second-order valence-corrected chi connectivity index (χ2v) is 11.4. The third-order valence-corrected chi connectivity index (χ3v) is 8.74. The van der Waals surface area contributed by atoms with Crippen LogP contribution in [0.15, 0.2) is 88.2 Å². The molecule has 0 aliphatic carbocycles. The number of nitro groups is 1. The van der Waals surface area contributed by atoms with E-state index in [0.717, 1.165) is 31.6 Å². The fourth-order valence-electron chi connectivity index (χ4n) is 5.70. The minimum atomic E-state index is -0.836. The first-order valence-electron chi connectivity index (χ1n) is 14.4. The summed E-state index contributed by atoms with van der Waals surface area (Å²) < 4.78 is 12.7. The van der Waals surface area contributed by atoms with E-state index in [1.54, 1.807) is 38.3 Å². The Hall–Kier alpha value is -5.03. The highest BCUT2D eigenvalue weighted by atomic mass is 32.1. The van der Waals surface area contributed by atoms with Crippen molar-refractivity contribution >= 4 is 40.5 Å². The van der Waals surface area contributed by atoms with Gasteiger partial charge in [-0.15, -0.1) is 0 Å². The molecule has 6 rings (SSSR count). The number of fused-ring (bicyclic) bond motifs is 1. The molecule has 0 spiro atoms. The molecule has 0 radical (unpaired) electrons. The quantitative estimate of drug-likeness (QED) is 0.164. The number of methoxy groups -OCH3 is 1. The summed E-state index contributed by atoms with van der Waals surface area (Å²) in [4.78, 5) is 46.6. The van der Waals surface area contributed by atoms with Crippen molar-refractivity contribution in [3.8, 4) is 5.75 Å². The summed E-state index contributed by atoms with van der Waals surface area (Å²) in [5, 5.41) is 11.7. The van der Waals surface area contributed by atoms with Crippen LogP contribution in [0.1, 0.15) is 42.5 Å². The fourth-order valence-corrected chi connectivity index (χ4v) is 6.69. The third kappa shape index (κ3) is 5.42. The maximum Gasteiger partial charge on any atom is 0.338 e. The van der Waals surface area contributed by atoms with Gasteiger partial charge in [0.05, 0.1) is 40.5 Å². The Morgan fingerprint density at radius 1 is 1.09 bits per heavy atom. The number of hydrogen-bond donors (Lipinski definition) is 0. The second-order valence-electron chi connectivity index (χ2n) is 10.4. The van der Waals surface area contributed by atoms with Crippen molar-refractivity contribution in [2.75, 3.05) is 31.7 Å². The van der Waals surface area contributed by atoms with Crippen molar-refractivity contribution in [1.82, 2.24) is 4.57 Å². The van der Waals surface area contributed by atoms with E-state index in [2.05, 4.69) is 4.90 Å². The van der Waals surface area contributed by atoms with Crippen molar-refractivity contribution in [3.05, 3.63) is 125 Å². The molecule has 0 N–H and O–H groups in total. The number of rotatable bonds is 8. The van der Waals surface area contributed by atoms with Gasteiger partial charge in [0.2, 0.25) is 0 Å². The van der Waals surface area contributed by atoms with Crippen molar-refractivity contribution in [1.29, 1.82) is 0 Å². The molecule has 3 aromatic carbocycles. The molecule has 1 atom stereocenters. The first-order chi connectivity index (χ1) is 21.4. The van der Waals surface area contributed by atoms with Gasteiger partial charge in [0.1, 0.15) is 5.75 Å². The van der Waals surface area contributed by atoms with Gasteiger partial charge in [-0.25, -0.2) is 9.79 Å². The summed E-state index contributed by atoms with van der Waals surface area (Å²) >= 11 is 1.18. The summed E-state index contributed by atoms with van der Waals surface area (Å²) in [5.41, 5.74) is 3.06. The maximum absolute atomic E-state index is 14.3. The molecule has 10 nitrogen and oxygen atoms in total. The first-order valence-corrected chi connectivity index (χ1v) is 15.2. The van der Waals surface area contributed by atoms with Gasteiger partial charge in [-0.2, -0.15) is 0 Å². The minimum absolute atomic E-state index is 0.0564. The lowest BCUT2D eigenvalue weighted by atomic mass is 9.93. The van der Waals surface area contributed by atoms with Gasteiger partial charge in [-0.05, 0) is 49.6 Å². The Morgan fingerprint density at radius 3 is 2.48 bits per heavy atom. The Morgan fingerprint density at radius 2 is 1.82 bits per heavy atom. The number of non-ortho nitro benzene ring substituents is 1. The molecule has 4 aromatic rings. The van der Waals surface area contributed by atoms with Crippen LogP contribution in [0.2, 0.25) is 0 Å². The van der Waals surface area contributed by atoms with Crippen LogP contribution in [0, 0.1) is 10.1 Å². The Bertz CT molecular complexity index is 1940. The van der Waals surface area contributed by atoms with Crippen molar-refractivity contribution in [2.45, 2.75) is 25.8 Å². The summed E-state index contributed by atoms with van der Waals surface area (Å²) in [5.74, 6) is 0.0615. The molecule has 0 bridgehead atoms. The summed E-state index contributed by atoms with van der Waals surface area (Å²) in [6, 6.07) is 20.4. The van der Waals surface area contributed by atoms with Gasteiger partial charge in [0.15, 0.2) is 4.80 Å². The zero-order valence-electron chi connectivity index (χ0n) is 24.3. The Balaban J connectivity index is 1.62. The number of nitro benzene ring substituents is 1. The fraction of sp³-hybridized carbons (Fsp3) is 0.242. The highest BCUT2D eigenvalue weighted by Gasteiger charge is 2.35. The van der Waals surface area contributed by atoms with E-state index in [4.69, 9.17) is 14.5 Å². The van der Waals surface area contributed by atoms with E-state index < -0.39 is 16.9 Å². The molecule has 2 aliphatic rings. The topological polar surface area (TPSA) is 116 Å². The predicted molar refractivity (Wildman–Crippen MR) is 169 cm³/mol. The molecule has 1 aromatic heterocycles. The standard InChI is InChI=1S/C33H30N4O6S/c1-3-43-32(39)28-29(21-9-5-4-6-10-21)34-33-36(30(28)22-11-14-25(42-2)15-12-22)31(38)27(44-33)20-23-19-24(37(40)41)13-16-26(23)35-17-7-8-18-35/h4-6,9-16,19-20,30H,3,7-8,17-18H2,1-2H3. The summed E-state index contributed by atoms with van der Waals surface area (Å²) in [6.07, 6.45) is 3.75. The average Bonchev–Trinajstić information content (AvgIpc) is 3.69. The smallest absolute Gasteiger partial charge is 0.338 e. The van der Waals surface area contributed by atoms with Crippen LogP contribution >= 0.6 is 11.3 Å². The van der Waals surface area contributed by atoms with Crippen molar-refractivity contribution in [3.63, 3.8) is 0 Å². The van der Waals surface area contributed by atoms with Crippen LogP contribution in [0.25, 0.3) is 11.8 Å². The highest BCUT2D eigenvalue weighted by molar-refractivity contribution is 7.07. The number of hydrogen-bond acceptors (Lipinski definition) is 9. The maximum atomic E-state index is 14.3. The second kappa shape index (κ2) is 12.3. The number of ether oxygens (including phenoxy) is 2. The molecule has 0 saturated carbocycles. The van der Waals surface area contributed by atoms with Gasteiger partial charge in [0, 0.05) is 42.0 Å². The molecular formula is C33H30N4O6S. The number of carbonyl (C=O) groups excluding carboxylic acids is 1. The van der Waals surface area contributed by atoms with Crippen LogP contribution < -0.4 is 24.5 Å². The number of carbonyl (C=O) groups is 1. The molecule has 0 amide bonds. The molecule has 224 valence electrons. The molecule has 1 saturated heterocycles. The molecule has 2 aliphatic heterocycles. The lowest BCUT2D eigenvalue weighted by Gasteiger charge is -2.26. The normalized spacial score (nSPS) is 16.5. The van der Waals surface area contributed by atoms with Crippen LogP contribution in [-0.4, -0.2) is 42.3 Å². The van der Waals surface area contributed by atoms with Crippen molar-refractivity contribution in [2.24, 2.45) is 4.99 Å². The van der Waals surface area contributed by atoms with E-state index in [-0.39, 0.29) is 23.4 Å². The zero-order valence-corrected chi connectivity index (χ0v) is 25.1. The van der Waals surface area contributed by atoms with Crippen LogP contribution in [0.3, 0.4) is 0 Å². The summed E-state index contributed by atoms with van der Waals surface area (Å²) in [7, 11) is 1.57. The van der Waals surface area contributed by atoms with Gasteiger partial charge in [-0.3, -0.25) is 19.5 Å². The van der Waals surface area contributed by atoms with E-state index in [1.807, 2.05) is 42.5 Å². The number of thiazole rings is 1. The minimum Gasteiger partial charge on any atom is -0.497 e. The molecule has 44 heavy (non-hydrogen) atoms. The SMILES string of the molecule is CCOC(=O)C1=C(c2ccccc2)N=c2sc(=Cc3cc([N+](=O)[O-])ccc3N3CCCC3)c(=O)n2C1c1ccc(OC)cc1. The molecular weight excluding hydrogens is 580 g/mol. The van der Waals surface area contributed by atoms with E-state index in [1.165, 1.54) is 28.0 Å².